The Morgan fingerprint density at radius 2 is 2.00 bits per heavy atom. The summed E-state index contributed by atoms with van der Waals surface area (Å²) >= 11 is 0. The van der Waals surface area contributed by atoms with Gasteiger partial charge in [-0.2, -0.15) is 4.98 Å². The molecule has 2 aliphatic rings. The number of carbonyl (C=O) groups is 1. The highest BCUT2D eigenvalue weighted by molar-refractivity contribution is 5.99. The number of piperazine rings is 1. The zero-order valence-corrected chi connectivity index (χ0v) is 11.5. The van der Waals surface area contributed by atoms with Crippen molar-refractivity contribution in [3.8, 4) is 0 Å². The van der Waals surface area contributed by atoms with Gasteiger partial charge in [0.05, 0.1) is 6.42 Å². The Balaban J connectivity index is 1.79. The van der Waals surface area contributed by atoms with E-state index in [0.717, 1.165) is 50.1 Å². The molecule has 1 saturated heterocycles. The molecule has 0 radical (unpaired) electrons. The molecule has 0 saturated carbocycles. The molecule has 0 unspecified atom stereocenters. The maximum Gasteiger partial charge on any atom is 0.232 e. The molecular formula is C13H19N5O. The lowest BCUT2D eigenvalue weighted by atomic mass is 10.3. The average Bonchev–Trinajstić information content (AvgIpc) is 2.74. The van der Waals surface area contributed by atoms with Crippen LogP contribution in [0.15, 0.2) is 6.20 Å². The molecule has 3 heterocycles. The van der Waals surface area contributed by atoms with Crippen molar-refractivity contribution in [1.82, 2.24) is 14.9 Å². The van der Waals surface area contributed by atoms with Crippen molar-refractivity contribution in [2.75, 3.05) is 49.6 Å². The molecular weight excluding hydrogens is 242 g/mol. The molecule has 0 atom stereocenters. The molecule has 1 amide bonds. The third-order valence-corrected chi connectivity index (χ3v) is 3.96. The first-order chi connectivity index (χ1) is 9.19. The number of anilines is 2. The second-order valence-corrected chi connectivity index (χ2v) is 5.07. The van der Waals surface area contributed by atoms with Crippen molar-refractivity contribution in [3.63, 3.8) is 0 Å². The van der Waals surface area contributed by atoms with E-state index < -0.39 is 0 Å². The number of nitrogens with zero attached hydrogens (tertiary/aromatic N) is 5. The van der Waals surface area contributed by atoms with Crippen molar-refractivity contribution < 1.29 is 4.79 Å². The van der Waals surface area contributed by atoms with Gasteiger partial charge in [0.1, 0.15) is 5.82 Å². The van der Waals surface area contributed by atoms with Crippen LogP contribution in [-0.2, 0) is 11.2 Å². The first-order valence-electron chi connectivity index (χ1n) is 6.79. The zero-order valence-electron chi connectivity index (χ0n) is 11.5. The fourth-order valence-electron chi connectivity index (χ4n) is 2.62. The van der Waals surface area contributed by atoms with Gasteiger partial charge in [-0.05, 0) is 6.54 Å². The number of amides is 1. The van der Waals surface area contributed by atoms with E-state index in [2.05, 4.69) is 26.7 Å². The molecule has 0 bridgehead atoms. The highest BCUT2D eigenvalue weighted by Crippen LogP contribution is 2.26. The van der Waals surface area contributed by atoms with Gasteiger partial charge in [-0.1, -0.05) is 6.92 Å². The molecule has 0 aromatic carbocycles. The van der Waals surface area contributed by atoms with Crippen LogP contribution in [0.4, 0.5) is 11.8 Å². The van der Waals surface area contributed by atoms with E-state index in [1.54, 1.807) is 18.1 Å². The van der Waals surface area contributed by atoms with E-state index in [1.807, 2.05) is 0 Å². The SMILES string of the molecule is CCN1CCN(c2ncc3c(n2)N(C)C(=O)C3)CC1. The van der Waals surface area contributed by atoms with Crippen molar-refractivity contribution in [1.29, 1.82) is 0 Å². The zero-order chi connectivity index (χ0) is 13.4. The van der Waals surface area contributed by atoms with E-state index in [9.17, 15) is 4.79 Å². The van der Waals surface area contributed by atoms with Crippen LogP contribution in [0.5, 0.6) is 0 Å². The average molecular weight is 261 g/mol. The number of rotatable bonds is 2. The molecule has 3 rings (SSSR count). The second kappa shape index (κ2) is 4.77. The van der Waals surface area contributed by atoms with Gasteiger partial charge in [0.2, 0.25) is 11.9 Å². The lowest BCUT2D eigenvalue weighted by Crippen LogP contribution is -2.46. The van der Waals surface area contributed by atoms with Gasteiger partial charge in [-0.25, -0.2) is 4.98 Å². The Morgan fingerprint density at radius 1 is 1.26 bits per heavy atom. The Kier molecular flexibility index (Phi) is 3.10. The van der Waals surface area contributed by atoms with Crippen LogP contribution in [0.2, 0.25) is 0 Å². The van der Waals surface area contributed by atoms with Gasteiger partial charge in [-0.3, -0.25) is 9.69 Å². The Labute approximate surface area is 113 Å². The van der Waals surface area contributed by atoms with Gasteiger partial charge in [0.15, 0.2) is 0 Å². The summed E-state index contributed by atoms with van der Waals surface area (Å²) in [5.41, 5.74) is 0.934. The molecule has 1 fully saturated rings. The van der Waals surface area contributed by atoms with Gasteiger partial charge in [0.25, 0.3) is 0 Å². The predicted molar refractivity (Wildman–Crippen MR) is 73.5 cm³/mol. The summed E-state index contributed by atoms with van der Waals surface area (Å²) < 4.78 is 0. The fourth-order valence-corrected chi connectivity index (χ4v) is 2.62. The van der Waals surface area contributed by atoms with E-state index in [-0.39, 0.29) is 5.91 Å². The number of aromatic nitrogens is 2. The predicted octanol–water partition coefficient (Wildman–Crippen LogP) is 0.137. The number of carbonyl (C=O) groups excluding carboxylic acids is 1. The quantitative estimate of drug-likeness (QED) is 0.758. The smallest absolute Gasteiger partial charge is 0.232 e. The largest absolute Gasteiger partial charge is 0.338 e. The minimum absolute atomic E-state index is 0.0947. The van der Waals surface area contributed by atoms with Gasteiger partial charge in [0, 0.05) is 45.0 Å². The minimum Gasteiger partial charge on any atom is -0.338 e. The first-order valence-corrected chi connectivity index (χ1v) is 6.79. The topological polar surface area (TPSA) is 52.6 Å². The van der Waals surface area contributed by atoms with Crippen LogP contribution in [0.25, 0.3) is 0 Å². The second-order valence-electron chi connectivity index (χ2n) is 5.07. The summed E-state index contributed by atoms with van der Waals surface area (Å²) in [6, 6.07) is 0. The molecule has 1 aromatic heterocycles. The molecule has 6 nitrogen and oxygen atoms in total. The molecule has 102 valence electrons. The molecule has 1 aromatic rings. The van der Waals surface area contributed by atoms with E-state index in [1.165, 1.54) is 0 Å². The molecule has 6 heteroatoms. The van der Waals surface area contributed by atoms with Gasteiger partial charge in [-0.15, -0.1) is 0 Å². The standard InChI is InChI=1S/C13H19N5O/c1-3-17-4-6-18(7-5-17)13-14-9-10-8-11(19)16(2)12(10)15-13/h9H,3-8H2,1-2H3. The highest BCUT2D eigenvalue weighted by atomic mass is 16.2. The lowest BCUT2D eigenvalue weighted by Gasteiger charge is -2.34. The fraction of sp³-hybridized carbons (Fsp3) is 0.615. The molecule has 19 heavy (non-hydrogen) atoms. The summed E-state index contributed by atoms with van der Waals surface area (Å²) in [6.45, 7) is 7.27. The minimum atomic E-state index is 0.0947. The van der Waals surface area contributed by atoms with Gasteiger partial charge < -0.3 is 9.80 Å². The molecule has 0 N–H and O–H groups in total. The van der Waals surface area contributed by atoms with Crippen LogP contribution in [-0.4, -0.2) is 60.5 Å². The summed E-state index contributed by atoms with van der Waals surface area (Å²) in [5, 5.41) is 0. The normalized spacial score (nSPS) is 20.0. The van der Waals surface area contributed by atoms with E-state index in [4.69, 9.17) is 0 Å². The van der Waals surface area contributed by atoms with Crippen LogP contribution < -0.4 is 9.80 Å². The molecule has 0 spiro atoms. The summed E-state index contributed by atoms with van der Waals surface area (Å²) in [6.07, 6.45) is 2.22. The van der Waals surface area contributed by atoms with Crippen LogP contribution >= 0.6 is 0 Å². The summed E-state index contributed by atoms with van der Waals surface area (Å²) in [7, 11) is 1.78. The third-order valence-electron chi connectivity index (χ3n) is 3.96. The first kappa shape index (κ1) is 12.3. The van der Waals surface area contributed by atoms with Crippen LogP contribution in [0.1, 0.15) is 12.5 Å². The van der Waals surface area contributed by atoms with Crippen molar-refractivity contribution in [2.24, 2.45) is 0 Å². The van der Waals surface area contributed by atoms with Crippen LogP contribution in [0.3, 0.4) is 0 Å². The van der Waals surface area contributed by atoms with E-state index in [0.29, 0.717) is 6.42 Å². The number of hydrogen-bond acceptors (Lipinski definition) is 5. The monoisotopic (exact) mass is 261 g/mol. The number of likely N-dealkylation sites (N-methyl/N-ethyl adjacent to an activating group) is 2. The number of hydrogen-bond donors (Lipinski definition) is 0. The summed E-state index contributed by atoms with van der Waals surface area (Å²) in [4.78, 5) is 26.9. The van der Waals surface area contributed by atoms with Gasteiger partial charge >= 0.3 is 0 Å². The summed E-state index contributed by atoms with van der Waals surface area (Å²) in [5.74, 6) is 1.61. The maximum absolute atomic E-state index is 11.6. The Morgan fingerprint density at radius 3 is 2.68 bits per heavy atom. The highest BCUT2D eigenvalue weighted by Gasteiger charge is 2.27. The van der Waals surface area contributed by atoms with E-state index >= 15 is 0 Å². The Hall–Kier alpha value is -1.69. The van der Waals surface area contributed by atoms with Crippen LogP contribution in [0, 0.1) is 0 Å². The Bertz CT molecular complexity index is 496. The van der Waals surface area contributed by atoms with Crippen molar-refractivity contribution >= 4 is 17.7 Å². The molecule has 0 aliphatic carbocycles. The maximum atomic E-state index is 11.6. The van der Waals surface area contributed by atoms with Crippen molar-refractivity contribution in [2.45, 2.75) is 13.3 Å². The number of fused-ring (bicyclic) bond motifs is 1. The molecule has 2 aliphatic heterocycles. The third kappa shape index (κ3) is 2.16. The van der Waals surface area contributed by atoms with Crippen molar-refractivity contribution in [3.05, 3.63) is 11.8 Å². The lowest BCUT2D eigenvalue weighted by molar-refractivity contribution is -0.117.